The van der Waals surface area contributed by atoms with Crippen LogP contribution in [0, 0.1) is 0 Å². The van der Waals surface area contributed by atoms with Crippen molar-refractivity contribution in [1.82, 2.24) is 9.47 Å². The van der Waals surface area contributed by atoms with Crippen LogP contribution in [0.1, 0.15) is 5.56 Å². The number of rotatable bonds is 4. The van der Waals surface area contributed by atoms with E-state index in [4.69, 9.17) is 10.9 Å². The molecule has 2 aromatic rings. The summed E-state index contributed by atoms with van der Waals surface area (Å²) in [6.07, 6.45) is 2.06. The number of aromatic nitrogens is 1. The summed E-state index contributed by atoms with van der Waals surface area (Å²) in [4.78, 5) is 2.14. The van der Waals surface area contributed by atoms with Crippen molar-refractivity contribution in [2.24, 2.45) is 10.9 Å². The molecule has 0 saturated carbocycles. The molecule has 1 aromatic heterocycles. The molecule has 5 heteroatoms. The summed E-state index contributed by atoms with van der Waals surface area (Å²) in [5, 5.41) is 12.9. The van der Waals surface area contributed by atoms with Crippen LogP contribution >= 0.6 is 0 Å². The van der Waals surface area contributed by atoms with Gasteiger partial charge in [0.2, 0.25) is 0 Å². The van der Waals surface area contributed by atoms with E-state index in [1.807, 2.05) is 32.3 Å². The van der Waals surface area contributed by atoms with Gasteiger partial charge in [0.05, 0.1) is 0 Å². The number of amidine groups is 1. The number of nitrogens with two attached hydrogens (primary N) is 1. The molecule has 1 aromatic carbocycles. The van der Waals surface area contributed by atoms with Crippen molar-refractivity contribution in [2.75, 3.05) is 20.6 Å². The van der Waals surface area contributed by atoms with Crippen molar-refractivity contribution in [3.8, 4) is 0 Å². The molecule has 2 rings (SSSR count). The first-order chi connectivity index (χ1) is 8.61. The lowest BCUT2D eigenvalue weighted by molar-refractivity contribution is 0.318. The topological polar surface area (TPSA) is 66.8 Å². The predicted molar refractivity (Wildman–Crippen MR) is 73.0 cm³/mol. The number of nitrogens with zero attached hydrogens (tertiary/aromatic N) is 3. The quantitative estimate of drug-likeness (QED) is 0.370. The summed E-state index contributed by atoms with van der Waals surface area (Å²) in [5.74, 6) is 0.136. The Labute approximate surface area is 106 Å². The lowest BCUT2D eigenvalue weighted by Gasteiger charge is -2.11. The van der Waals surface area contributed by atoms with Gasteiger partial charge in [-0.2, -0.15) is 0 Å². The minimum absolute atomic E-state index is 0.136. The summed E-state index contributed by atoms with van der Waals surface area (Å²) in [6.45, 7) is 1.88. The normalized spacial score (nSPS) is 12.5. The zero-order valence-electron chi connectivity index (χ0n) is 10.7. The Morgan fingerprint density at radius 1 is 1.39 bits per heavy atom. The summed E-state index contributed by atoms with van der Waals surface area (Å²) in [5.41, 5.74) is 7.44. The first-order valence-electron chi connectivity index (χ1n) is 5.83. The molecule has 0 aliphatic rings. The number of hydrogen-bond donors (Lipinski definition) is 2. The molecule has 0 radical (unpaired) electrons. The maximum Gasteiger partial charge on any atom is 0.170 e. The van der Waals surface area contributed by atoms with Crippen LogP contribution in [0.4, 0.5) is 0 Å². The smallest absolute Gasteiger partial charge is 0.170 e. The molecule has 96 valence electrons. The molecule has 1 heterocycles. The van der Waals surface area contributed by atoms with E-state index in [9.17, 15) is 0 Å². The summed E-state index contributed by atoms with van der Waals surface area (Å²) in [6, 6.07) is 7.85. The van der Waals surface area contributed by atoms with E-state index in [1.54, 1.807) is 0 Å². The molecule has 3 N–H and O–H groups in total. The third kappa shape index (κ3) is 2.46. The van der Waals surface area contributed by atoms with Crippen LogP contribution in [-0.4, -0.2) is 41.1 Å². The van der Waals surface area contributed by atoms with Crippen molar-refractivity contribution in [3.63, 3.8) is 0 Å². The number of likely N-dealkylation sites (N-methyl/N-ethyl adjacent to an activating group) is 1. The standard InChI is InChI=1S/C13H18N4O/c1-16(2)7-8-17-6-5-10-3-4-11(9-12(10)17)13(14)15-18/h3-6,9,18H,7-8H2,1-2H3,(H2,14,15). The zero-order chi connectivity index (χ0) is 13.1. The van der Waals surface area contributed by atoms with Gasteiger partial charge in [0.25, 0.3) is 0 Å². The number of fused-ring (bicyclic) bond motifs is 1. The third-order valence-electron chi connectivity index (χ3n) is 2.97. The summed E-state index contributed by atoms with van der Waals surface area (Å²) < 4.78 is 2.17. The molecule has 0 saturated heterocycles. The van der Waals surface area contributed by atoms with Gasteiger partial charge in [0, 0.05) is 30.4 Å². The highest BCUT2D eigenvalue weighted by Gasteiger charge is 2.05. The van der Waals surface area contributed by atoms with E-state index in [0.717, 1.165) is 29.6 Å². The Morgan fingerprint density at radius 2 is 2.17 bits per heavy atom. The van der Waals surface area contributed by atoms with Gasteiger partial charge in [-0.05, 0) is 31.6 Å². The van der Waals surface area contributed by atoms with Crippen molar-refractivity contribution < 1.29 is 5.21 Å². The van der Waals surface area contributed by atoms with E-state index >= 15 is 0 Å². The molecule has 0 bridgehead atoms. The predicted octanol–water partition coefficient (Wildman–Crippen LogP) is 1.30. The highest BCUT2D eigenvalue weighted by atomic mass is 16.4. The van der Waals surface area contributed by atoms with Crippen LogP contribution in [0.5, 0.6) is 0 Å². The van der Waals surface area contributed by atoms with E-state index in [-0.39, 0.29) is 5.84 Å². The first-order valence-corrected chi connectivity index (χ1v) is 5.83. The third-order valence-corrected chi connectivity index (χ3v) is 2.97. The Hall–Kier alpha value is -2.01. The second kappa shape index (κ2) is 5.10. The molecule has 0 aliphatic carbocycles. The highest BCUT2D eigenvalue weighted by molar-refractivity contribution is 6.00. The second-order valence-electron chi connectivity index (χ2n) is 4.57. The average molecular weight is 246 g/mol. The lowest BCUT2D eigenvalue weighted by Crippen LogP contribution is -2.18. The molecular formula is C13H18N4O. The van der Waals surface area contributed by atoms with Crippen molar-refractivity contribution in [2.45, 2.75) is 6.54 Å². The Kier molecular flexibility index (Phi) is 3.53. The number of oxime groups is 1. The summed E-state index contributed by atoms with van der Waals surface area (Å²) >= 11 is 0. The molecule has 18 heavy (non-hydrogen) atoms. The fraction of sp³-hybridized carbons (Fsp3) is 0.308. The van der Waals surface area contributed by atoms with Crippen molar-refractivity contribution in [3.05, 3.63) is 36.0 Å². The summed E-state index contributed by atoms with van der Waals surface area (Å²) in [7, 11) is 4.10. The van der Waals surface area contributed by atoms with Crippen LogP contribution in [0.15, 0.2) is 35.6 Å². The maximum atomic E-state index is 8.71. The van der Waals surface area contributed by atoms with Crippen molar-refractivity contribution in [1.29, 1.82) is 0 Å². The Balaban J connectivity index is 2.37. The average Bonchev–Trinajstić information content (AvgIpc) is 2.77. The fourth-order valence-corrected chi connectivity index (χ4v) is 1.90. The molecule has 5 nitrogen and oxygen atoms in total. The maximum absolute atomic E-state index is 8.71. The van der Waals surface area contributed by atoms with Crippen LogP contribution in [-0.2, 0) is 6.54 Å². The molecule has 0 amide bonds. The van der Waals surface area contributed by atoms with Gasteiger partial charge in [-0.15, -0.1) is 0 Å². The zero-order valence-corrected chi connectivity index (χ0v) is 10.7. The minimum Gasteiger partial charge on any atom is -0.409 e. The van der Waals surface area contributed by atoms with Gasteiger partial charge in [0.1, 0.15) is 0 Å². The van der Waals surface area contributed by atoms with Crippen LogP contribution in [0.25, 0.3) is 10.9 Å². The van der Waals surface area contributed by atoms with E-state index in [2.05, 4.69) is 26.9 Å². The molecule has 0 spiro atoms. The van der Waals surface area contributed by atoms with E-state index in [1.165, 1.54) is 0 Å². The first kappa shape index (κ1) is 12.4. The number of hydrogen-bond acceptors (Lipinski definition) is 3. The lowest BCUT2D eigenvalue weighted by atomic mass is 10.1. The highest BCUT2D eigenvalue weighted by Crippen LogP contribution is 2.17. The molecular weight excluding hydrogens is 228 g/mol. The van der Waals surface area contributed by atoms with Gasteiger partial charge >= 0.3 is 0 Å². The molecule has 0 atom stereocenters. The van der Waals surface area contributed by atoms with Gasteiger partial charge in [-0.1, -0.05) is 17.3 Å². The Bertz CT molecular complexity index is 571. The molecule has 0 fully saturated rings. The number of benzene rings is 1. The van der Waals surface area contributed by atoms with Crippen LogP contribution in [0.3, 0.4) is 0 Å². The van der Waals surface area contributed by atoms with Gasteiger partial charge in [0.15, 0.2) is 5.84 Å². The van der Waals surface area contributed by atoms with Crippen LogP contribution < -0.4 is 5.73 Å². The fourth-order valence-electron chi connectivity index (χ4n) is 1.90. The minimum atomic E-state index is 0.136. The Morgan fingerprint density at radius 3 is 2.83 bits per heavy atom. The van der Waals surface area contributed by atoms with Gasteiger partial charge < -0.3 is 20.4 Å². The SMILES string of the molecule is CN(C)CCn1ccc2ccc(/C(N)=N/O)cc21. The van der Waals surface area contributed by atoms with E-state index < -0.39 is 0 Å². The molecule has 0 unspecified atom stereocenters. The molecule has 0 aliphatic heterocycles. The van der Waals surface area contributed by atoms with E-state index in [0.29, 0.717) is 0 Å². The van der Waals surface area contributed by atoms with Crippen molar-refractivity contribution >= 4 is 16.7 Å². The van der Waals surface area contributed by atoms with Gasteiger partial charge in [-0.25, -0.2) is 0 Å². The second-order valence-corrected chi connectivity index (χ2v) is 4.57. The van der Waals surface area contributed by atoms with Gasteiger partial charge in [-0.3, -0.25) is 0 Å². The van der Waals surface area contributed by atoms with Crippen LogP contribution in [0.2, 0.25) is 0 Å². The largest absolute Gasteiger partial charge is 0.409 e. The monoisotopic (exact) mass is 246 g/mol.